The summed E-state index contributed by atoms with van der Waals surface area (Å²) in [6, 6.07) is 9.24. The van der Waals surface area contributed by atoms with Crippen molar-refractivity contribution >= 4 is 11.9 Å². The van der Waals surface area contributed by atoms with E-state index < -0.39 is 17.7 Å². The van der Waals surface area contributed by atoms with Gasteiger partial charge in [-0.2, -0.15) is 0 Å². The standard InChI is InChI=1S/C12H12NO4/c13-11(15)12(7-6-10(14)17-12)16-8-9-4-2-1-3-5-9/h1-5,7H,6,8H2,(H2,13,15). The number of ether oxygens (including phenoxy) is 2. The van der Waals surface area contributed by atoms with E-state index in [1.54, 1.807) is 0 Å². The molecule has 1 aliphatic rings. The Morgan fingerprint density at radius 1 is 1.41 bits per heavy atom. The zero-order chi connectivity index (χ0) is 12.3. The van der Waals surface area contributed by atoms with Gasteiger partial charge in [0, 0.05) is 0 Å². The molecule has 1 aromatic carbocycles. The molecule has 1 unspecified atom stereocenters. The van der Waals surface area contributed by atoms with Crippen molar-refractivity contribution in [2.45, 2.75) is 18.8 Å². The van der Waals surface area contributed by atoms with Crippen LogP contribution in [0.3, 0.4) is 0 Å². The maximum Gasteiger partial charge on any atom is 0.309 e. The molecular formula is C12H12NO4. The molecule has 0 aliphatic carbocycles. The lowest BCUT2D eigenvalue weighted by Crippen LogP contribution is -2.46. The Hall–Kier alpha value is -1.88. The molecule has 2 rings (SSSR count). The summed E-state index contributed by atoms with van der Waals surface area (Å²) in [6.07, 6.45) is 1.37. The summed E-state index contributed by atoms with van der Waals surface area (Å²) in [7, 11) is 0. The smallest absolute Gasteiger partial charge is 0.309 e. The SMILES string of the molecule is NC(=O)C1(OCc2ccccc2)[CH]CC(=O)O1. The van der Waals surface area contributed by atoms with Gasteiger partial charge in [0.15, 0.2) is 0 Å². The topological polar surface area (TPSA) is 78.6 Å². The number of carbonyl (C=O) groups excluding carboxylic acids is 2. The lowest BCUT2D eigenvalue weighted by atomic mass is 10.1. The third kappa shape index (κ3) is 2.45. The predicted molar refractivity (Wildman–Crippen MR) is 58.2 cm³/mol. The summed E-state index contributed by atoms with van der Waals surface area (Å²) in [5.41, 5.74) is 6.05. The van der Waals surface area contributed by atoms with Crippen molar-refractivity contribution in [3.8, 4) is 0 Å². The van der Waals surface area contributed by atoms with Gasteiger partial charge in [-0.1, -0.05) is 30.3 Å². The number of esters is 1. The summed E-state index contributed by atoms with van der Waals surface area (Å²) >= 11 is 0. The number of nitrogens with two attached hydrogens (primary N) is 1. The average Bonchev–Trinajstić information content (AvgIpc) is 2.71. The van der Waals surface area contributed by atoms with Crippen LogP contribution in [0.15, 0.2) is 30.3 Å². The van der Waals surface area contributed by atoms with E-state index in [1.165, 1.54) is 6.42 Å². The Balaban J connectivity index is 2.05. The Bertz CT molecular complexity index is 431. The van der Waals surface area contributed by atoms with Gasteiger partial charge in [-0.25, -0.2) is 0 Å². The largest absolute Gasteiger partial charge is 0.423 e. The summed E-state index contributed by atoms with van der Waals surface area (Å²) in [5, 5.41) is 0. The molecule has 1 radical (unpaired) electrons. The van der Waals surface area contributed by atoms with E-state index in [9.17, 15) is 9.59 Å². The molecule has 1 heterocycles. The van der Waals surface area contributed by atoms with E-state index in [0.717, 1.165) is 5.56 Å². The molecule has 1 aliphatic heterocycles. The van der Waals surface area contributed by atoms with Crippen LogP contribution < -0.4 is 5.73 Å². The Kier molecular flexibility index (Phi) is 3.10. The molecule has 17 heavy (non-hydrogen) atoms. The highest BCUT2D eigenvalue weighted by Gasteiger charge is 2.47. The van der Waals surface area contributed by atoms with Gasteiger partial charge in [0.25, 0.3) is 11.7 Å². The number of cyclic esters (lactones) is 1. The van der Waals surface area contributed by atoms with Crippen LogP contribution in [0.1, 0.15) is 12.0 Å². The fourth-order valence-electron chi connectivity index (χ4n) is 1.55. The number of rotatable bonds is 4. The molecule has 1 saturated heterocycles. The van der Waals surface area contributed by atoms with Crippen molar-refractivity contribution in [1.29, 1.82) is 0 Å². The van der Waals surface area contributed by atoms with Gasteiger partial charge in [-0.3, -0.25) is 9.59 Å². The lowest BCUT2D eigenvalue weighted by Gasteiger charge is -2.23. The minimum absolute atomic E-state index is 0.0255. The van der Waals surface area contributed by atoms with Crippen molar-refractivity contribution < 1.29 is 19.1 Å². The maximum atomic E-state index is 11.3. The highest BCUT2D eigenvalue weighted by atomic mass is 16.7. The molecular weight excluding hydrogens is 222 g/mol. The zero-order valence-corrected chi connectivity index (χ0v) is 9.09. The van der Waals surface area contributed by atoms with Gasteiger partial charge in [-0.15, -0.1) is 0 Å². The molecule has 5 nitrogen and oxygen atoms in total. The van der Waals surface area contributed by atoms with E-state index in [-0.39, 0.29) is 13.0 Å². The molecule has 1 aromatic rings. The van der Waals surface area contributed by atoms with Crippen LogP contribution >= 0.6 is 0 Å². The van der Waals surface area contributed by atoms with Crippen LogP contribution in [-0.2, 0) is 25.7 Å². The Morgan fingerprint density at radius 2 is 2.12 bits per heavy atom. The van der Waals surface area contributed by atoms with Gasteiger partial charge in [0.05, 0.1) is 19.4 Å². The molecule has 89 valence electrons. The third-order valence-corrected chi connectivity index (χ3v) is 2.44. The highest BCUT2D eigenvalue weighted by molar-refractivity contribution is 5.90. The first-order chi connectivity index (χ1) is 8.12. The molecule has 0 spiro atoms. The van der Waals surface area contributed by atoms with Gasteiger partial charge in [0.1, 0.15) is 0 Å². The monoisotopic (exact) mass is 234 g/mol. The van der Waals surface area contributed by atoms with Crippen molar-refractivity contribution in [3.63, 3.8) is 0 Å². The Morgan fingerprint density at radius 3 is 2.65 bits per heavy atom. The molecule has 0 bridgehead atoms. The fourth-order valence-corrected chi connectivity index (χ4v) is 1.55. The zero-order valence-electron chi connectivity index (χ0n) is 9.09. The van der Waals surface area contributed by atoms with E-state index >= 15 is 0 Å². The lowest BCUT2D eigenvalue weighted by molar-refractivity contribution is -0.205. The number of primary amides is 1. The molecule has 2 N–H and O–H groups in total. The van der Waals surface area contributed by atoms with E-state index in [2.05, 4.69) is 0 Å². The summed E-state index contributed by atoms with van der Waals surface area (Å²) in [6.45, 7) is 0.146. The minimum Gasteiger partial charge on any atom is -0.423 e. The van der Waals surface area contributed by atoms with Crippen LogP contribution in [-0.4, -0.2) is 17.7 Å². The quantitative estimate of drug-likeness (QED) is 0.771. The third-order valence-electron chi connectivity index (χ3n) is 2.44. The molecule has 0 aromatic heterocycles. The second kappa shape index (κ2) is 4.55. The summed E-state index contributed by atoms with van der Waals surface area (Å²) in [4.78, 5) is 22.3. The van der Waals surface area contributed by atoms with Gasteiger partial charge < -0.3 is 15.2 Å². The number of hydrogen-bond donors (Lipinski definition) is 1. The first-order valence-corrected chi connectivity index (χ1v) is 5.16. The van der Waals surface area contributed by atoms with Crippen molar-refractivity contribution in [1.82, 2.24) is 0 Å². The summed E-state index contributed by atoms with van der Waals surface area (Å²) < 4.78 is 10.2. The van der Waals surface area contributed by atoms with E-state index in [4.69, 9.17) is 15.2 Å². The van der Waals surface area contributed by atoms with Crippen molar-refractivity contribution in [2.24, 2.45) is 5.73 Å². The number of hydrogen-bond acceptors (Lipinski definition) is 4. The number of benzene rings is 1. The number of amides is 1. The second-order valence-electron chi connectivity index (χ2n) is 3.69. The van der Waals surface area contributed by atoms with Crippen LogP contribution in [0.2, 0.25) is 0 Å². The average molecular weight is 234 g/mol. The molecule has 5 heteroatoms. The fraction of sp³-hybridized carbons (Fsp3) is 0.250. The predicted octanol–water partition coefficient (Wildman–Crippen LogP) is 0.536. The molecule has 1 fully saturated rings. The van der Waals surface area contributed by atoms with Crippen molar-refractivity contribution in [2.75, 3.05) is 0 Å². The van der Waals surface area contributed by atoms with Crippen LogP contribution in [0.25, 0.3) is 0 Å². The maximum absolute atomic E-state index is 11.3. The van der Waals surface area contributed by atoms with Gasteiger partial charge in [0.2, 0.25) is 0 Å². The van der Waals surface area contributed by atoms with Crippen molar-refractivity contribution in [3.05, 3.63) is 42.3 Å². The van der Waals surface area contributed by atoms with Crippen LogP contribution in [0, 0.1) is 6.42 Å². The molecule has 1 atom stereocenters. The highest BCUT2D eigenvalue weighted by Crippen LogP contribution is 2.27. The minimum atomic E-state index is -1.72. The molecule has 1 amide bonds. The van der Waals surface area contributed by atoms with E-state index in [0.29, 0.717) is 0 Å². The van der Waals surface area contributed by atoms with Crippen LogP contribution in [0.5, 0.6) is 0 Å². The van der Waals surface area contributed by atoms with E-state index in [1.807, 2.05) is 30.3 Å². The van der Waals surface area contributed by atoms with Crippen LogP contribution in [0.4, 0.5) is 0 Å². The first-order valence-electron chi connectivity index (χ1n) is 5.16. The number of carbonyl (C=O) groups is 2. The van der Waals surface area contributed by atoms with Gasteiger partial charge >= 0.3 is 5.97 Å². The molecule has 0 saturated carbocycles. The summed E-state index contributed by atoms with van der Waals surface area (Å²) in [5.74, 6) is -3.05. The normalized spacial score (nSPS) is 23.4. The first kappa shape index (κ1) is 11.6. The van der Waals surface area contributed by atoms with Gasteiger partial charge in [-0.05, 0) is 5.56 Å². The second-order valence-corrected chi connectivity index (χ2v) is 3.69. The Labute approximate surface area is 98.5 Å².